The van der Waals surface area contributed by atoms with Gasteiger partial charge in [-0.25, -0.2) is 13.6 Å². The highest BCUT2D eigenvalue weighted by atomic mass is 19.2. The van der Waals surface area contributed by atoms with Crippen LogP contribution in [0.1, 0.15) is 12.5 Å². The zero-order valence-electron chi connectivity index (χ0n) is 8.41. The molecule has 0 aromatic heterocycles. The fraction of sp³-hybridized carbons (Fsp3) is 0.200. The van der Waals surface area contributed by atoms with Crippen molar-refractivity contribution in [3.8, 4) is 0 Å². The van der Waals surface area contributed by atoms with Gasteiger partial charge in [0.1, 0.15) is 0 Å². The molecule has 0 amide bonds. The normalized spacial score (nSPS) is 11.3. The first-order valence-electron chi connectivity index (χ1n) is 4.34. The Hall–Kier alpha value is -1.98. The topological polar surface area (TPSA) is 58.9 Å². The summed E-state index contributed by atoms with van der Waals surface area (Å²) in [7, 11) is 0. The molecule has 1 rings (SSSR count). The molecule has 86 valence electrons. The summed E-state index contributed by atoms with van der Waals surface area (Å²) in [6.45, 7) is 0.912. The minimum Gasteiger partial charge on any atom is -0.479 e. The van der Waals surface area contributed by atoms with E-state index in [9.17, 15) is 13.6 Å². The molecule has 1 aromatic carbocycles. The molecule has 0 aliphatic rings. The van der Waals surface area contributed by atoms with Gasteiger partial charge in [-0.15, -0.1) is 0 Å². The molecular weight excluding hydrogens is 220 g/mol. The molecule has 1 aromatic rings. The Morgan fingerprint density at radius 2 is 2.12 bits per heavy atom. The van der Waals surface area contributed by atoms with Gasteiger partial charge in [-0.2, -0.15) is 0 Å². The van der Waals surface area contributed by atoms with Crippen LogP contribution < -0.4 is 0 Å². The lowest BCUT2D eigenvalue weighted by Crippen LogP contribution is -2.05. The van der Waals surface area contributed by atoms with Crippen LogP contribution in [0, 0.1) is 11.6 Å². The van der Waals surface area contributed by atoms with Crippen LogP contribution in [0.25, 0.3) is 0 Å². The van der Waals surface area contributed by atoms with Gasteiger partial charge in [0, 0.05) is 5.56 Å². The van der Waals surface area contributed by atoms with Crippen LogP contribution in [0.5, 0.6) is 0 Å². The van der Waals surface area contributed by atoms with Crippen LogP contribution >= 0.6 is 0 Å². The summed E-state index contributed by atoms with van der Waals surface area (Å²) in [5, 5.41) is 11.7. The van der Waals surface area contributed by atoms with Crippen LogP contribution in [0.15, 0.2) is 23.4 Å². The van der Waals surface area contributed by atoms with Gasteiger partial charge in [0.05, 0.1) is 5.71 Å². The predicted molar refractivity (Wildman–Crippen MR) is 52.2 cm³/mol. The van der Waals surface area contributed by atoms with Crippen molar-refractivity contribution in [1.82, 2.24) is 0 Å². The first-order valence-corrected chi connectivity index (χ1v) is 4.34. The molecule has 0 heterocycles. The molecule has 0 aliphatic heterocycles. The van der Waals surface area contributed by atoms with E-state index in [-0.39, 0.29) is 5.71 Å². The second-order valence-corrected chi connectivity index (χ2v) is 2.97. The Bertz CT molecular complexity index is 432. The van der Waals surface area contributed by atoms with Crippen LogP contribution in [0.2, 0.25) is 0 Å². The fourth-order valence-corrected chi connectivity index (χ4v) is 0.958. The van der Waals surface area contributed by atoms with Gasteiger partial charge < -0.3 is 9.94 Å². The number of benzene rings is 1. The Kier molecular flexibility index (Phi) is 3.93. The Morgan fingerprint density at radius 1 is 1.44 bits per heavy atom. The summed E-state index contributed by atoms with van der Waals surface area (Å²) in [6, 6.07) is 3.24. The number of oxime groups is 1. The maximum Gasteiger partial charge on any atom is 0.344 e. The average Bonchev–Trinajstić information content (AvgIpc) is 2.21. The fourth-order valence-electron chi connectivity index (χ4n) is 0.958. The summed E-state index contributed by atoms with van der Waals surface area (Å²) >= 11 is 0. The molecule has 1 N–H and O–H groups in total. The zero-order chi connectivity index (χ0) is 12.1. The monoisotopic (exact) mass is 229 g/mol. The summed E-state index contributed by atoms with van der Waals surface area (Å²) in [5.74, 6) is -3.12. The van der Waals surface area contributed by atoms with E-state index in [2.05, 4.69) is 9.99 Å². The van der Waals surface area contributed by atoms with Gasteiger partial charge >= 0.3 is 5.97 Å². The van der Waals surface area contributed by atoms with E-state index in [0.29, 0.717) is 5.56 Å². The van der Waals surface area contributed by atoms with Crippen LogP contribution in [0.3, 0.4) is 0 Å². The van der Waals surface area contributed by atoms with Crippen molar-refractivity contribution in [3.63, 3.8) is 0 Å². The molecule has 0 bridgehead atoms. The summed E-state index contributed by atoms with van der Waals surface area (Å²) < 4.78 is 25.4. The first kappa shape index (κ1) is 12.1. The van der Waals surface area contributed by atoms with Gasteiger partial charge in [-0.1, -0.05) is 5.16 Å². The van der Waals surface area contributed by atoms with Crippen molar-refractivity contribution in [1.29, 1.82) is 0 Å². The Morgan fingerprint density at radius 3 is 2.69 bits per heavy atom. The standard InChI is InChI=1S/C10H9F2NO3/c1-6(13-16-5-10(14)15)7-2-3-8(11)9(12)4-7/h2-4H,5H2,1H3,(H,14,15). The van der Waals surface area contributed by atoms with Crippen molar-refractivity contribution < 1.29 is 23.5 Å². The van der Waals surface area contributed by atoms with E-state index in [4.69, 9.17) is 5.11 Å². The van der Waals surface area contributed by atoms with E-state index >= 15 is 0 Å². The van der Waals surface area contributed by atoms with Crippen molar-refractivity contribution >= 4 is 11.7 Å². The molecule has 16 heavy (non-hydrogen) atoms. The van der Waals surface area contributed by atoms with Crippen LogP contribution in [-0.2, 0) is 9.63 Å². The molecule has 0 aliphatic carbocycles. The van der Waals surface area contributed by atoms with Crippen molar-refractivity contribution in [2.24, 2.45) is 5.16 Å². The quantitative estimate of drug-likeness (QED) is 0.632. The van der Waals surface area contributed by atoms with E-state index < -0.39 is 24.2 Å². The van der Waals surface area contributed by atoms with E-state index in [1.54, 1.807) is 0 Å². The lowest BCUT2D eigenvalue weighted by Gasteiger charge is -2.01. The van der Waals surface area contributed by atoms with Crippen molar-refractivity contribution in [2.75, 3.05) is 6.61 Å². The summed E-state index contributed by atoms with van der Waals surface area (Å²) in [5.41, 5.74) is 0.587. The highest BCUT2D eigenvalue weighted by molar-refractivity contribution is 5.98. The van der Waals surface area contributed by atoms with Gasteiger partial charge in [-0.3, -0.25) is 0 Å². The predicted octanol–water partition coefficient (Wildman–Crippen LogP) is 1.79. The van der Waals surface area contributed by atoms with Crippen LogP contribution in [-0.4, -0.2) is 23.4 Å². The van der Waals surface area contributed by atoms with E-state index in [0.717, 1.165) is 12.1 Å². The highest BCUT2D eigenvalue weighted by Crippen LogP contribution is 2.09. The number of carboxylic acids is 1. The largest absolute Gasteiger partial charge is 0.479 e. The highest BCUT2D eigenvalue weighted by Gasteiger charge is 2.05. The molecular formula is C10H9F2NO3. The smallest absolute Gasteiger partial charge is 0.344 e. The SMILES string of the molecule is CC(=NOCC(=O)O)c1ccc(F)c(F)c1. The Labute approximate surface area is 90.1 Å². The van der Waals surface area contributed by atoms with Gasteiger partial charge in [-0.05, 0) is 25.1 Å². The number of hydrogen-bond acceptors (Lipinski definition) is 3. The minimum absolute atomic E-state index is 0.264. The molecule has 6 heteroatoms. The maximum atomic E-state index is 12.8. The van der Waals surface area contributed by atoms with Gasteiger partial charge in [0.25, 0.3) is 0 Å². The van der Waals surface area contributed by atoms with E-state index in [1.807, 2.05) is 0 Å². The number of aliphatic carboxylic acids is 1. The van der Waals surface area contributed by atoms with E-state index in [1.165, 1.54) is 13.0 Å². The second kappa shape index (κ2) is 5.20. The molecule has 0 spiro atoms. The third-order valence-corrected chi connectivity index (χ3v) is 1.73. The van der Waals surface area contributed by atoms with Crippen molar-refractivity contribution in [3.05, 3.63) is 35.4 Å². The summed E-state index contributed by atoms with van der Waals surface area (Å²) in [4.78, 5) is 14.6. The zero-order valence-corrected chi connectivity index (χ0v) is 8.41. The number of carboxylic acid groups (broad SMARTS) is 1. The summed E-state index contributed by atoms with van der Waals surface area (Å²) in [6.07, 6.45) is 0. The molecule has 0 unspecified atom stereocenters. The maximum absolute atomic E-state index is 12.8. The second-order valence-electron chi connectivity index (χ2n) is 2.97. The number of nitrogens with zero attached hydrogens (tertiary/aromatic N) is 1. The molecule has 4 nitrogen and oxygen atoms in total. The lowest BCUT2D eigenvalue weighted by atomic mass is 10.1. The molecule has 0 fully saturated rings. The molecule has 0 saturated heterocycles. The number of hydrogen-bond donors (Lipinski definition) is 1. The first-order chi connectivity index (χ1) is 7.50. The number of rotatable bonds is 4. The third kappa shape index (κ3) is 3.30. The lowest BCUT2D eigenvalue weighted by molar-refractivity contribution is -0.142. The molecule has 0 atom stereocenters. The molecule has 0 radical (unpaired) electrons. The average molecular weight is 229 g/mol. The number of halogens is 2. The Balaban J connectivity index is 2.75. The van der Waals surface area contributed by atoms with Gasteiger partial charge in [0.2, 0.25) is 6.61 Å². The van der Waals surface area contributed by atoms with Crippen molar-refractivity contribution in [2.45, 2.75) is 6.92 Å². The number of carbonyl (C=O) groups is 1. The molecule has 0 saturated carbocycles. The van der Waals surface area contributed by atoms with Crippen LogP contribution in [0.4, 0.5) is 8.78 Å². The third-order valence-electron chi connectivity index (χ3n) is 1.73. The van der Waals surface area contributed by atoms with Gasteiger partial charge in [0.15, 0.2) is 11.6 Å². The minimum atomic E-state index is -1.16.